The number of rotatable bonds is 2. The summed E-state index contributed by atoms with van der Waals surface area (Å²) in [6.45, 7) is 2.12. The molecule has 0 bridgehead atoms. The van der Waals surface area contributed by atoms with Crippen LogP contribution in [0.1, 0.15) is 0 Å². The second-order valence-corrected chi connectivity index (χ2v) is 6.90. The summed E-state index contributed by atoms with van der Waals surface area (Å²) in [5.41, 5.74) is 6.56. The number of methoxy groups -OCH3 is 1. The number of benzene rings is 1. The monoisotopic (exact) mass is 255 g/mol. The third-order valence-corrected chi connectivity index (χ3v) is 6.07. The number of hydrogen-bond donors (Lipinski definition) is 3. The van der Waals surface area contributed by atoms with Crippen LogP contribution in [0, 0.1) is 0 Å². The Morgan fingerprint density at radius 1 is 1.36 bits per heavy atom. The van der Waals surface area contributed by atoms with Gasteiger partial charge in [0.2, 0.25) is 0 Å². The minimum absolute atomic E-state index is 0.717. The van der Waals surface area contributed by atoms with Crippen molar-refractivity contribution in [2.75, 3.05) is 25.9 Å². The number of nitrogens with two attached hydrogens (primary N) is 1. The predicted octanol–water partition coefficient (Wildman–Crippen LogP) is -0.835. The van der Waals surface area contributed by atoms with Crippen LogP contribution in [0.2, 0.25) is 0 Å². The summed E-state index contributed by atoms with van der Waals surface area (Å²) in [5.74, 6) is 0.752. The molecule has 0 radical (unpaired) electrons. The Hall–Kier alpha value is -0.702. The van der Waals surface area contributed by atoms with Gasteiger partial charge in [-0.3, -0.25) is 0 Å². The van der Waals surface area contributed by atoms with Crippen molar-refractivity contribution < 1.29 is 4.74 Å². The van der Waals surface area contributed by atoms with E-state index in [-0.39, 0.29) is 0 Å². The third kappa shape index (κ3) is 1.87. The van der Waals surface area contributed by atoms with E-state index in [0.29, 0.717) is 0 Å². The Morgan fingerprint density at radius 3 is 2.64 bits per heavy atom. The van der Waals surface area contributed by atoms with E-state index in [4.69, 9.17) is 10.5 Å². The first kappa shape index (κ1) is 9.84. The molecule has 1 aliphatic rings. The summed E-state index contributed by atoms with van der Waals surface area (Å²) in [6, 6.07) is 6.02. The molecule has 5 heteroatoms. The standard InChI is InChI=1S/C9H14AsN3O/c1-14-9-3-2-7(6-8(9)11)10-12-4-5-13-10/h2-3,6,12-13H,4-5,11H2,1H3. The average Bonchev–Trinajstić information content (AvgIpc) is 2.70. The maximum absolute atomic E-state index is 5.84. The Labute approximate surface area is 88.5 Å². The first-order chi connectivity index (χ1) is 6.81. The summed E-state index contributed by atoms with van der Waals surface area (Å²) in [6.07, 6.45) is 0. The van der Waals surface area contributed by atoms with E-state index < -0.39 is 15.1 Å². The molecule has 0 spiro atoms. The van der Waals surface area contributed by atoms with Crippen molar-refractivity contribution in [3.05, 3.63) is 18.2 Å². The van der Waals surface area contributed by atoms with E-state index in [0.717, 1.165) is 24.5 Å². The van der Waals surface area contributed by atoms with Crippen molar-refractivity contribution in [3.8, 4) is 5.75 Å². The number of nitrogens with one attached hydrogen (secondary N) is 2. The quantitative estimate of drug-likeness (QED) is 0.476. The topological polar surface area (TPSA) is 59.3 Å². The molecule has 0 aliphatic carbocycles. The molecule has 1 aromatic rings. The first-order valence-electron chi connectivity index (χ1n) is 4.52. The van der Waals surface area contributed by atoms with Gasteiger partial charge >= 0.3 is 88.2 Å². The van der Waals surface area contributed by atoms with Crippen molar-refractivity contribution in [3.63, 3.8) is 0 Å². The predicted molar refractivity (Wildman–Crippen MR) is 58.8 cm³/mol. The number of anilines is 1. The second-order valence-electron chi connectivity index (χ2n) is 3.08. The van der Waals surface area contributed by atoms with E-state index in [1.165, 1.54) is 4.35 Å². The van der Waals surface area contributed by atoms with Gasteiger partial charge in [-0.25, -0.2) is 0 Å². The number of ether oxygens (including phenoxy) is 1. The van der Waals surface area contributed by atoms with Crippen LogP contribution in [0.15, 0.2) is 18.2 Å². The molecule has 1 heterocycles. The van der Waals surface area contributed by atoms with Crippen molar-refractivity contribution in [2.24, 2.45) is 0 Å². The zero-order valence-corrected chi connectivity index (χ0v) is 9.96. The van der Waals surface area contributed by atoms with Gasteiger partial charge in [-0.05, 0) is 0 Å². The molecule has 4 N–H and O–H groups in total. The fourth-order valence-electron chi connectivity index (χ4n) is 1.43. The van der Waals surface area contributed by atoms with Gasteiger partial charge in [-0.2, -0.15) is 0 Å². The van der Waals surface area contributed by atoms with Crippen LogP contribution in [0.4, 0.5) is 5.69 Å². The summed E-state index contributed by atoms with van der Waals surface area (Å²) in [4.78, 5) is 0. The minimum atomic E-state index is -1.20. The van der Waals surface area contributed by atoms with Crippen molar-refractivity contribution in [2.45, 2.75) is 0 Å². The molecule has 0 unspecified atom stereocenters. The molecule has 14 heavy (non-hydrogen) atoms. The molecule has 76 valence electrons. The fraction of sp³-hybridized carbons (Fsp3) is 0.333. The second kappa shape index (κ2) is 4.22. The van der Waals surface area contributed by atoms with E-state index in [9.17, 15) is 0 Å². The van der Waals surface area contributed by atoms with E-state index in [2.05, 4.69) is 14.5 Å². The molecule has 0 amide bonds. The van der Waals surface area contributed by atoms with Crippen LogP contribution < -0.4 is 23.3 Å². The SMILES string of the molecule is COc1ccc([As]2NCCN2)cc1N. The zero-order valence-electron chi connectivity index (χ0n) is 8.08. The Balaban J connectivity index is 2.23. The van der Waals surface area contributed by atoms with Crippen LogP contribution in [0.25, 0.3) is 0 Å². The molecule has 0 saturated carbocycles. The van der Waals surface area contributed by atoms with Gasteiger partial charge in [0.15, 0.2) is 0 Å². The van der Waals surface area contributed by atoms with Gasteiger partial charge in [0, 0.05) is 0 Å². The van der Waals surface area contributed by atoms with E-state index in [1.807, 2.05) is 12.1 Å². The third-order valence-electron chi connectivity index (χ3n) is 2.14. The fourth-order valence-corrected chi connectivity index (χ4v) is 4.87. The van der Waals surface area contributed by atoms with Gasteiger partial charge in [0.1, 0.15) is 0 Å². The van der Waals surface area contributed by atoms with Gasteiger partial charge in [0.25, 0.3) is 0 Å². The van der Waals surface area contributed by atoms with Crippen molar-refractivity contribution in [1.29, 1.82) is 0 Å². The zero-order chi connectivity index (χ0) is 9.97. The molecule has 2 rings (SSSR count). The van der Waals surface area contributed by atoms with Crippen LogP contribution in [-0.2, 0) is 0 Å². The molecule has 1 saturated heterocycles. The molecule has 0 atom stereocenters. The maximum atomic E-state index is 5.84. The van der Waals surface area contributed by atoms with Crippen LogP contribution >= 0.6 is 0 Å². The van der Waals surface area contributed by atoms with Crippen LogP contribution in [0.5, 0.6) is 5.75 Å². The van der Waals surface area contributed by atoms with E-state index in [1.54, 1.807) is 7.11 Å². The summed E-state index contributed by atoms with van der Waals surface area (Å²) >= 11 is -1.20. The molecule has 1 fully saturated rings. The van der Waals surface area contributed by atoms with Crippen LogP contribution in [0.3, 0.4) is 0 Å². The summed E-state index contributed by atoms with van der Waals surface area (Å²) < 4.78 is 13.4. The van der Waals surface area contributed by atoms with Gasteiger partial charge in [-0.15, -0.1) is 0 Å². The Kier molecular flexibility index (Phi) is 2.96. The van der Waals surface area contributed by atoms with Gasteiger partial charge in [0.05, 0.1) is 0 Å². The first-order valence-corrected chi connectivity index (χ1v) is 7.33. The van der Waals surface area contributed by atoms with E-state index >= 15 is 0 Å². The average molecular weight is 255 g/mol. The molecule has 1 aliphatic heterocycles. The Bertz CT molecular complexity index is 326. The number of hydrogen-bond acceptors (Lipinski definition) is 4. The normalized spacial score (nSPS) is 17.2. The molecule has 1 aromatic carbocycles. The molecule has 4 nitrogen and oxygen atoms in total. The Morgan fingerprint density at radius 2 is 2.07 bits per heavy atom. The molecule has 0 aromatic heterocycles. The van der Waals surface area contributed by atoms with Gasteiger partial charge in [-0.1, -0.05) is 0 Å². The molecular formula is C9H14AsN3O. The van der Waals surface area contributed by atoms with Gasteiger partial charge < -0.3 is 0 Å². The van der Waals surface area contributed by atoms with Crippen molar-refractivity contribution in [1.82, 2.24) is 8.47 Å². The van der Waals surface area contributed by atoms with Crippen molar-refractivity contribution >= 4 is 25.1 Å². The summed E-state index contributed by atoms with van der Waals surface area (Å²) in [5, 5.41) is 0. The van der Waals surface area contributed by atoms with Crippen LogP contribution in [-0.4, -0.2) is 35.3 Å². The summed E-state index contributed by atoms with van der Waals surface area (Å²) in [7, 11) is 1.63. The molecular weight excluding hydrogens is 241 g/mol. The number of nitrogen functional groups attached to an aromatic ring is 1.